The zero-order chi connectivity index (χ0) is 31.8. The Balaban J connectivity index is 1.39. The number of ether oxygens (including phenoxy) is 3. The first-order valence-corrected chi connectivity index (χ1v) is 17.2. The number of anilines is 1. The van der Waals surface area contributed by atoms with E-state index in [0.717, 1.165) is 43.1 Å². The van der Waals surface area contributed by atoms with Gasteiger partial charge in [0, 0.05) is 38.0 Å². The number of hydrogen-bond acceptors (Lipinski definition) is 7. The van der Waals surface area contributed by atoms with Gasteiger partial charge in [-0.2, -0.15) is 0 Å². The summed E-state index contributed by atoms with van der Waals surface area (Å²) < 4.78 is 43.1. The van der Waals surface area contributed by atoms with Crippen molar-refractivity contribution in [1.29, 1.82) is 0 Å². The van der Waals surface area contributed by atoms with E-state index in [9.17, 15) is 18.0 Å². The van der Waals surface area contributed by atoms with Crippen LogP contribution in [0, 0.1) is 0 Å². The molecule has 1 N–H and O–H groups in total. The van der Waals surface area contributed by atoms with Crippen LogP contribution in [0.15, 0.2) is 72.8 Å². The summed E-state index contributed by atoms with van der Waals surface area (Å²) >= 11 is 0. The molecule has 1 saturated carbocycles. The molecule has 2 amide bonds. The largest absolute Gasteiger partial charge is 0.497 e. The molecule has 0 unspecified atom stereocenters. The molecule has 11 heteroatoms. The summed E-state index contributed by atoms with van der Waals surface area (Å²) in [6.07, 6.45) is 5.77. The molecule has 0 radical (unpaired) electrons. The molecule has 45 heavy (non-hydrogen) atoms. The average Bonchev–Trinajstić information content (AvgIpc) is 3.73. The van der Waals surface area contributed by atoms with Crippen LogP contribution in [-0.2, 0) is 32.6 Å². The van der Waals surface area contributed by atoms with Crippen molar-refractivity contribution in [3.8, 4) is 17.2 Å². The minimum absolute atomic E-state index is 0.0442. The van der Waals surface area contributed by atoms with Crippen LogP contribution in [0.25, 0.3) is 0 Å². The second kappa shape index (κ2) is 14.7. The van der Waals surface area contributed by atoms with Gasteiger partial charge in [0.15, 0.2) is 11.5 Å². The van der Waals surface area contributed by atoms with Crippen molar-refractivity contribution >= 4 is 27.5 Å². The predicted octanol–water partition coefficient (Wildman–Crippen LogP) is 4.67. The minimum atomic E-state index is -3.66. The lowest BCUT2D eigenvalue weighted by molar-refractivity contribution is -0.141. The summed E-state index contributed by atoms with van der Waals surface area (Å²) in [7, 11) is -2.07. The summed E-state index contributed by atoms with van der Waals surface area (Å²) in [5, 5.41) is 3.21. The molecule has 10 nitrogen and oxygen atoms in total. The number of fused-ring (bicyclic) bond motifs is 1. The Morgan fingerprint density at radius 3 is 2.42 bits per heavy atom. The maximum atomic E-state index is 14.1. The molecule has 3 aromatic carbocycles. The number of amides is 2. The van der Waals surface area contributed by atoms with E-state index in [4.69, 9.17) is 14.2 Å². The SMILES string of the molecule is COc1cccc(CN(C(=O)CCCN(c2ccc3c(c2)OCO3)S(C)(=O)=O)[C@H](Cc2ccccc2)C(=O)NC2CCCC2)c1. The first-order chi connectivity index (χ1) is 21.7. The summed E-state index contributed by atoms with van der Waals surface area (Å²) in [6.45, 7) is 0.353. The molecule has 0 aromatic heterocycles. The van der Waals surface area contributed by atoms with E-state index in [-0.39, 0.29) is 50.6 Å². The highest BCUT2D eigenvalue weighted by atomic mass is 32.2. The van der Waals surface area contributed by atoms with Crippen molar-refractivity contribution in [1.82, 2.24) is 10.2 Å². The van der Waals surface area contributed by atoms with E-state index in [1.54, 1.807) is 30.2 Å². The van der Waals surface area contributed by atoms with Gasteiger partial charge in [-0.1, -0.05) is 55.3 Å². The van der Waals surface area contributed by atoms with Crippen LogP contribution in [0.1, 0.15) is 49.7 Å². The molecule has 2 aliphatic rings. The molecule has 3 aromatic rings. The fourth-order valence-corrected chi connectivity index (χ4v) is 6.89. The van der Waals surface area contributed by atoms with Crippen LogP contribution < -0.4 is 23.8 Å². The van der Waals surface area contributed by atoms with E-state index < -0.39 is 16.1 Å². The van der Waals surface area contributed by atoms with Gasteiger partial charge in [-0.15, -0.1) is 0 Å². The lowest BCUT2D eigenvalue weighted by Gasteiger charge is -2.33. The number of methoxy groups -OCH3 is 1. The Hall–Kier alpha value is -4.25. The van der Waals surface area contributed by atoms with Gasteiger partial charge in [-0.3, -0.25) is 13.9 Å². The van der Waals surface area contributed by atoms with Crippen molar-refractivity contribution < 1.29 is 32.2 Å². The fourth-order valence-electron chi connectivity index (χ4n) is 5.93. The lowest BCUT2D eigenvalue weighted by Crippen LogP contribution is -2.52. The van der Waals surface area contributed by atoms with Crippen molar-refractivity contribution in [2.45, 2.75) is 63.6 Å². The van der Waals surface area contributed by atoms with Gasteiger partial charge in [-0.05, 0) is 54.7 Å². The van der Waals surface area contributed by atoms with Crippen LogP contribution in [0.5, 0.6) is 17.2 Å². The molecule has 1 aliphatic carbocycles. The average molecular weight is 636 g/mol. The van der Waals surface area contributed by atoms with Gasteiger partial charge >= 0.3 is 0 Å². The number of nitrogens with one attached hydrogen (secondary N) is 1. The highest BCUT2D eigenvalue weighted by Crippen LogP contribution is 2.36. The third-order valence-electron chi connectivity index (χ3n) is 8.26. The van der Waals surface area contributed by atoms with Crippen molar-refractivity contribution in [3.63, 3.8) is 0 Å². The summed E-state index contributed by atoms with van der Waals surface area (Å²) in [6, 6.07) is 21.4. The molecule has 5 rings (SSSR count). The molecule has 0 saturated heterocycles. The van der Waals surface area contributed by atoms with E-state index in [1.165, 1.54) is 4.31 Å². The van der Waals surface area contributed by atoms with Gasteiger partial charge < -0.3 is 24.4 Å². The second-order valence-electron chi connectivity index (χ2n) is 11.5. The molecular formula is C34H41N3O7S. The molecule has 1 atom stereocenters. The first-order valence-electron chi connectivity index (χ1n) is 15.4. The van der Waals surface area contributed by atoms with Crippen molar-refractivity contribution in [2.24, 2.45) is 0 Å². The zero-order valence-electron chi connectivity index (χ0n) is 25.8. The predicted molar refractivity (Wildman–Crippen MR) is 172 cm³/mol. The van der Waals surface area contributed by atoms with Crippen LogP contribution in [0.4, 0.5) is 5.69 Å². The number of sulfonamides is 1. The Morgan fingerprint density at radius 2 is 1.69 bits per heavy atom. The summed E-state index contributed by atoms with van der Waals surface area (Å²) in [5.41, 5.74) is 2.20. The molecule has 1 heterocycles. The highest BCUT2D eigenvalue weighted by Gasteiger charge is 2.32. The van der Waals surface area contributed by atoms with E-state index in [0.29, 0.717) is 29.4 Å². The number of nitrogens with zero attached hydrogens (tertiary/aromatic N) is 2. The van der Waals surface area contributed by atoms with Crippen LogP contribution in [0.2, 0.25) is 0 Å². The number of rotatable bonds is 14. The third-order valence-corrected chi connectivity index (χ3v) is 9.45. The number of carbonyl (C=O) groups is 2. The van der Waals surface area contributed by atoms with Gasteiger partial charge in [0.25, 0.3) is 0 Å². The Kier molecular flexibility index (Phi) is 10.5. The maximum Gasteiger partial charge on any atom is 0.243 e. The van der Waals surface area contributed by atoms with Crippen LogP contribution >= 0.6 is 0 Å². The monoisotopic (exact) mass is 635 g/mol. The molecule has 1 fully saturated rings. The van der Waals surface area contributed by atoms with Gasteiger partial charge in [0.2, 0.25) is 28.6 Å². The molecule has 0 bridgehead atoms. The van der Waals surface area contributed by atoms with E-state index >= 15 is 0 Å². The maximum absolute atomic E-state index is 14.1. The standard InChI is InChI=1S/C34H41N3O7S/c1-42-29-15-8-12-26(20-29)23-36(30(21-25-10-4-3-5-11-25)34(39)35-27-13-6-7-14-27)33(38)16-9-19-37(45(2,40)41)28-17-18-31-32(22-28)44-24-43-31/h3-5,8,10-12,15,17-18,20,22,27,30H,6-7,9,13-14,16,19,21,23-24H2,1-2H3,(H,35,39)/t30-/m1/s1. The first kappa shape index (κ1) is 32.2. The Bertz CT molecular complexity index is 1580. The third kappa shape index (κ3) is 8.48. The number of carbonyl (C=O) groups excluding carboxylic acids is 2. The van der Waals surface area contributed by atoms with Crippen LogP contribution in [0.3, 0.4) is 0 Å². The van der Waals surface area contributed by atoms with Crippen LogP contribution in [-0.4, -0.2) is 63.9 Å². The molecule has 0 spiro atoms. The number of benzene rings is 3. The van der Waals surface area contributed by atoms with Gasteiger partial charge in [0.1, 0.15) is 11.8 Å². The molecule has 1 aliphatic heterocycles. The Labute approximate surface area is 265 Å². The summed E-state index contributed by atoms with van der Waals surface area (Å²) in [4.78, 5) is 29.7. The molecule has 240 valence electrons. The highest BCUT2D eigenvalue weighted by molar-refractivity contribution is 7.92. The minimum Gasteiger partial charge on any atom is -0.497 e. The van der Waals surface area contributed by atoms with Crippen molar-refractivity contribution in [3.05, 3.63) is 83.9 Å². The normalized spacial score (nSPS) is 15.0. The quantitative estimate of drug-likeness (QED) is 0.274. The Morgan fingerprint density at radius 1 is 0.956 bits per heavy atom. The fraction of sp³-hybridized carbons (Fsp3) is 0.412. The van der Waals surface area contributed by atoms with Crippen molar-refractivity contribution in [2.75, 3.05) is 31.0 Å². The van der Waals surface area contributed by atoms with E-state index in [2.05, 4.69) is 5.32 Å². The second-order valence-corrected chi connectivity index (χ2v) is 13.5. The zero-order valence-corrected chi connectivity index (χ0v) is 26.6. The smallest absolute Gasteiger partial charge is 0.243 e. The van der Waals surface area contributed by atoms with Gasteiger partial charge in [0.05, 0.1) is 19.1 Å². The number of hydrogen-bond donors (Lipinski definition) is 1. The topological polar surface area (TPSA) is 114 Å². The van der Waals surface area contributed by atoms with E-state index in [1.807, 2.05) is 54.6 Å². The van der Waals surface area contributed by atoms with Gasteiger partial charge in [-0.25, -0.2) is 8.42 Å². The molecular weight excluding hydrogens is 594 g/mol. The summed E-state index contributed by atoms with van der Waals surface area (Å²) in [5.74, 6) is 1.26. The lowest BCUT2D eigenvalue weighted by atomic mass is 10.0.